The van der Waals surface area contributed by atoms with Crippen LogP contribution in [0.25, 0.3) is 21.5 Å². The fraction of sp³-hybridized carbons (Fsp3) is 0.179. The van der Waals surface area contributed by atoms with E-state index in [2.05, 4.69) is 41.2 Å². The van der Waals surface area contributed by atoms with Crippen LogP contribution >= 0.6 is 11.6 Å². The van der Waals surface area contributed by atoms with Gasteiger partial charge in [-0.1, -0.05) is 67.4 Å². The zero-order chi connectivity index (χ0) is 22.5. The minimum Gasteiger partial charge on any atom is -0.508 e. The predicted octanol–water partition coefficient (Wildman–Crippen LogP) is 7.70. The molecule has 1 aliphatic rings. The number of aromatic nitrogens is 2. The second-order valence-corrected chi connectivity index (χ2v) is 8.97. The van der Waals surface area contributed by atoms with E-state index in [1.807, 2.05) is 30.3 Å². The number of hydrogen-bond acceptors (Lipinski definition) is 3. The van der Waals surface area contributed by atoms with Gasteiger partial charge >= 0.3 is 0 Å². The number of unbranched alkanes of at least 4 members (excludes halogenated alkanes) is 1. The van der Waals surface area contributed by atoms with Crippen molar-refractivity contribution >= 4 is 33.1 Å². The highest BCUT2D eigenvalue weighted by Crippen LogP contribution is 2.52. The van der Waals surface area contributed by atoms with Crippen molar-refractivity contribution < 1.29 is 9.84 Å². The molecule has 4 aromatic carbocycles. The summed E-state index contributed by atoms with van der Waals surface area (Å²) in [6.45, 7) is 2.17. The maximum Gasteiger partial charge on any atom is 0.151 e. The van der Waals surface area contributed by atoms with E-state index in [1.54, 1.807) is 12.1 Å². The van der Waals surface area contributed by atoms with Crippen molar-refractivity contribution in [1.82, 2.24) is 9.97 Å². The highest BCUT2D eigenvalue weighted by Gasteiger charge is 2.35. The van der Waals surface area contributed by atoms with Crippen LogP contribution in [0.2, 0.25) is 5.15 Å². The molecule has 1 atom stereocenters. The number of aromatic hydroxyl groups is 1. The minimum atomic E-state index is -0.182. The maximum absolute atomic E-state index is 10.1. The van der Waals surface area contributed by atoms with Crippen LogP contribution in [0.3, 0.4) is 0 Å². The Hall–Kier alpha value is -3.50. The Morgan fingerprint density at radius 2 is 1.67 bits per heavy atom. The zero-order valence-electron chi connectivity index (χ0n) is 18.2. The Morgan fingerprint density at radius 1 is 0.939 bits per heavy atom. The first-order valence-corrected chi connectivity index (χ1v) is 11.7. The van der Waals surface area contributed by atoms with Crippen LogP contribution in [0.15, 0.2) is 66.7 Å². The number of phenolic OH excluding ortho intramolecular Hbond substituents is 1. The third kappa shape index (κ3) is 3.25. The van der Waals surface area contributed by atoms with Crippen LogP contribution in [0.5, 0.6) is 17.2 Å². The van der Waals surface area contributed by atoms with Crippen molar-refractivity contribution in [2.75, 3.05) is 0 Å². The van der Waals surface area contributed by atoms with Crippen LogP contribution in [-0.4, -0.2) is 15.1 Å². The fourth-order valence-corrected chi connectivity index (χ4v) is 5.25. The third-order valence-corrected chi connectivity index (χ3v) is 6.81. The van der Waals surface area contributed by atoms with Crippen LogP contribution in [0, 0.1) is 0 Å². The minimum absolute atomic E-state index is 0.182. The molecule has 1 unspecified atom stereocenters. The summed E-state index contributed by atoms with van der Waals surface area (Å²) in [5.41, 5.74) is 2.99. The average Bonchev–Trinajstić information content (AvgIpc) is 3.20. The molecule has 0 saturated heterocycles. The number of fused-ring (bicyclic) bond motifs is 6. The van der Waals surface area contributed by atoms with Gasteiger partial charge in [0.1, 0.15) is 23.1 Å². The first kappa shape index (κ1) is 20.1. The van der Waals surface area contributed by atoms with Gasteiger partial charge in [-0.3, -0.25) is 0 Å². The molecule has 0 aliphatic carbocycles. The van der Waals surface area contributed by atoms with Gasteiger partial charge in [-0.2, -0.15) is 0 Å². The maximum atomic E-state index is 10.1. The van der Waals surface area contributed by atoms with E-state index < -0.39 is 0 Å². The van der Waals surface area contributed by atoms with E-state index in [0.717, 1.165) is 75.0 Å². The molecule has 2 heterocycles. The Morgan fingerprint density at radius 3 is 2.45 bits per heavy atom. The molecule has 0 spiro atoms. The summed E-state index contributed by atoms with van der Waals surface area (Å²) < 4.78 is 6.45. The summed E-state index contributed by atoms with van der Waals surface area (Å²) >= 11 is 6.79. The van der Waals surface area contributed by atoms with E-state index in [9.17, 15) is 5.11 Å². The second kappa shape index (κ2) is 7.82. The van der Waals surface area contributed by atoms with E-state index in [4.69, 9.17) is 16.3 Å². The number of hydrogen-bond donors (Lipinski definition) is 2. The molecule has 33 heavy (non-hydrogen) atoms. The van der Waals surface area contributed by atoms with Gasteiger partial charge in [-0.25, -0.2) is 4.98 Å². The van der Waals surface area contributed by atoms with Crippen LogP contribution in [-0.2, 0) is 6.42 Å². The molecule has 1 aliphatic heterocycles. The SMILES string of the molecule is CCCCc1nc(Cl)c(C2c3c(ccc4ccccc34)Oc3ccc4cc(O)ccc4c32)[nH]1. The molecule has 2 N–H and O–H groups in total. The number of benzene rings is 4. The molecule has 4 nitrogen and oxygen atoms in total. The summed E-state index contributed by atoms with van der Waals surface area (Å²) in [7, 11) is 0. The van der Waals surface area contributed by atoms with E-state index in [0.29, 0.717) is 5.15 Å². The lowest BCUT2D eigenvalue weighted by Crippen LogP contribution is -2.14. The molecule has 0 amide bonds. The average molecular weight is 455 g/mol. The van der Waals surface area contributed by atoms with Gasteiger partial charge in [0.2, 0.25) is 0 Å². The van der Waals surface area contributed by atoms with E-state index in [-0.39, 0.29) is 11.7 Å². The number of nitrogens with zero attached hydrogens (tertiary/aromatic N) is 1. The van der Waals surface area contributed by atoms with Gasteiger partial charge in [0.05, 0.1) is 11.6 Å². The number of H-pyrrole nitrogens is 1. The number of nitrogens with one attached hydrogen (secondary N) is 1. The van der Waals surface area contributed by atoms with Crippen molar-refractivity contribution in [3.63, 3.8) is 0 Å². The third-order valence-electron chi connectivity index (χ3n) is 6.52. The number of aromatic amines is 1. The Kier molecular flexibility index (Phi) is 4.77. The normalized spacial score (nSPS) is 14.8. The van der Waals surface area contributed by atoms with Crippen LogP contribution in [0.4, 0.5) is 0 Å². The first-order chi connectivity index (χ1) is 16.1. The van der Waals surface area contributed by atoms with Crippen molar-refractivity contribution in [3.05, 3.63) is 94.5 Å². The van der Waals surface area contributed by atoms with Gasteiger partial charge in [-0.05, 0) is 52.2 Å². The fourth-order valence-electron chi connectivity index (χ4n) is 4.99. The molecule has 0 bridgehead atoms. The Balaban J connectivity index is 1.68. The van der Waals surface area contributed by atoms with Crippen LogP contribution < -0.4 is 4.74 Å². The van der Waals surface area contributed by atoms with Crippen molar-refractivity contribution in [2.24, 2.45) is 0 Å². The summed E-state index contributed by atoms with van der Waals surface area (Å²) in [5.74, 6) is 2.58. The highest BCUT2D eigenvalue weighted by atomic mass is 35.5. The predicted molar refractivity (Wildman–Crippen MR) is 133 cm³/mol. The molecular weight excluding hydrogens is 432 g/mol. The van der Waals surface area contributed by atoms with Crippen molar-refractivity contribution in [3.8, 4) is 17.2 Å². The molecule has 0 saturated carbocycles. The molecule has 0 fully saturated rings. The number of rotatable bonds is 4. The Bertz CT molecular complexity index is 1520. The van der Waals surface area contributed by atoms with Crippen molar-refractivity contribution in [2.45, 2.75) is 32.1 Å². The Labute approximate surface area is 196 Å². The highest BCUT2D eigenvalue weighted by molar-refractivity contribution is 6.30. The molecule has 164 valence electrons. The lowest BCUT2D eigenvalue weighted by atomic mass is 9.81. The van der Waals surface area contributed by atoms with Gasteiger partial charge in [0, 0.05) is 17.5 Å². The molecule has 1 aromatic heterocycles. The molecule has 6 rings (SSSR count). The number of phenols is 1. The number of ether oxygens (including phenoxy) is 1. The summed E-state index contributed by atoms with van der Waals surface area (Å²) in [5, 5.41) is 14.8. The summed E-state index contributed by atoms with van der Waals surface area (Å²) in [6.07, 6.45) is 3.00. The largest absolute Gasteiger partial charge is 0.508 e. The molecule has 0 radical (unpaired) electrons. The lowest BCUT2D eigenvalue weighted by molar-refractivity contribution is 0.455. The topological polar surface area (TPSA) is 58.1 Å². The van der Waals surface area contributed by atoms with Gasteiger partial charge in [0.25, 0.3) is 0 Å². The quantitative estimate of drug-likeness (QED) is 0.287. The van der Waals surface area contributed by atoms with Crippen LogP contribution in [0.1, 0.15) is 48.3 Å². The smallest absolute Gasteiger partial charge is 0.151 e. The number of aryl methyl sites for hydroxylation is 1. The summed E-state index contributed by atoms with van der Waals surface area (Å²) in [4.78, 5) is 8.23. The zero-order valence-corrected chi connectivity index (χ0v) is 19.0. The van der Waals surface area contributed by atoms with E-state index >= 15 is 0 Å². The van der Waals surface area contributed by atoms with E-state index in [1.165, 1.54) is 0 Å². The van der Waals surface area contributed by atoms with Gasteiger partial charge in [0.15, 0.2) is 5.15 Å². The number of halogens is 1. The molecule has 5 aromatic rings. The number of imidazole rings is 1. The summed E-state index contributed by atoms with van der Waals surface area (Å²) in [6, 6.07) is 21.9. The lowest BCUT2D eigenvalue weighted by Gasteiger charge is -2.30. The molecular formula is C28H23ClN2O2. The molecule has 5 heteroatoms. The van der Waals surface area contributed by atoms with Crippen molar-refractivity contribution in [1.29, 1.82) is 0 Å². The van der Waals surface area contributed by atoms with Gasteiger partial charge in [-0.15, -0.1) is 0 Å². The first-order valence-electron chi connectivity index (χ1n) is 11.3. The standard InChI is InChI=1S/C28H23ClN2O2/c1-2-3-8-23-30-27(28(29)31-23)26-24-19-7-5-4-6-16(19)9-13-21(24)33-22-14-10-17-15-18(32)11-12-20(17)25(22)26/h4-7,9-15,26,32H,2-3,8H2,1H3,(H,30,31). The van der Waals surface area contributed by atoms with Gasteiger partial charge < -0.3 is 14.8 Å². The second-order valence-electron chi connectivity index (χ2n) is 8.61. The monoisotopic (exact) mass is 454 g/mol.